The van der Waals surface area contributed by atoms with E-state index in [2.05, 4.69) is 0 Å². The average Bonchev–Trinajstić information content (AvgIpc) is 2.45. The van der Waals surface area contributed by atoms with Gasteiger partial charge in [-0.2, -0.15) is 0 Å². The molecule has 0 fully saturated rings. The second kappa shape index (κ2) is 5.75. The largest absolute Gasteiger partial charge is 0.277 e. The highest BCUT2D eigenvalue weighted by Gasteiger charge is 2.14. The molecule has 0 heterocycles. The van der Waals surface area contributed by atoms with Gasteiger partial charge in [0, 0.05) is 18.2 Å². The zero-order chi connectivity index (χ0) is 14.5. The molecule has 0 N–H and O–H groups in total. The van der Waals surface area contributed by atoms with Gasteiger partial charge in [-0.15, -0.1) is 0 Å². The van der Waals surface area contributed by atoms with E-state index < -0.39 is 9.85 Å². The van der Waals surface area contributed by atoms with E-state index in [1.165, 1.54) is 24.3 Å². The molecule has 0 aliphatic rings. The fourth-order valence-electron chi connectivity index (χ4n) is 1.74. The van der Waals surface area contributed by atoms with Crippen molar-refractivity contribution in [2.45, 2.75) is 0 Å². The molecule has 2 rings (SSSR count). The first-order chi connectivity index (χ1) is 9.58. The van der Waals surface area contributed by atoms with Gasteiger partial charge in [-0.25, -0.2) is 0 Å². The molecule has 0 atom stereocenters. The first kappa shape index (κ1) is 13.4. The van der Waals surface area contributed by atoms with E-state index >= 15 is 0 Å². The van der Waals surface area contributed by atoms with E-state index in [4.69, 9.17) is 0 Å². The van der Waals surface area contributed by atoms with Crippen molar-refractivity contribution >= 4 is 17.5 Å². The molecule has 6 nitrogen and oxygen atoms in total. The van der Waals surface area contributed by atoms with Crippen LogP contribution in [0.15, 0.2) is 54.6 Å². The molecule has 20 heavy (non-hydrogen) atoms. The van der Waals surface area contributed by atoms with Crippen molar-refractivity contribution in [2.75, 3.05) is 0 Å². The first-order valence-electron chi connectivity index (χ1n) is 5.74. The van der Waals surface area contributed by atoms with Crippen molar-refractivity contribution in [3.63, 3.8) is 0 Å². The van der Waals surface area contributed by atoms with Crippen LogP contribution in [-0.2, 0) is 0 Å². The quantitative estimate of drug-likeness (QED) is 0.484. The molecule has 0 saturated heterocycles. The molecule has 0 aliphatic heterocycles. The second-order valence-corrected chi connectivity index (χ2v) is 4.00. The monoisotopic (exact) mass is 270 g/mol. The van der Waals surface area contributed by atoms with Gasteiger partial charge in [0.15, 0.2) is 0 Å². The summed E-state index contributed by atoms with van der Waals surface area (Å²) in [6.07, 6.45) is 1.32. The summed E-state index contributed by atoms with van der Waals surface area (Å²) in [7, 11) is 0. The normalized spacial score (nSPS) is 11.1. The number of rotatable bonds is 4. The molecule has 2 aromatic rings. The first-order valence-corrected chi connectivity index (χ1v) is 5.74. The second-order valence-electron chi connectivity index (χ2n) is 4.00. The van der Waals surface area contributed by atoms with Crippen molar-refractivity contribution in [3.05, 3.63) is 86.0 Å². The van der Waals surface area contributed by atoms with E-state index in [1.54, 1.807) is 36.4 Å². The van der Waals surface area contributed by atoms with E-state index in [-0.39, 0.29) is 11.4 Å². The number of benzene rings is 2. The highest BCUT2D eigenvalue weighted by atomic mass is 16.6. The molecule has 6 heteroatoms. The lowest BCUT2D eigenvalue weighted by atomic mass is 10.1. The summed E-state index contributed by atoms with van der Waals surface area (Å²) in [5.41, 5.74) is 0.652. The third-order valence-electron chi connectivity index (χ3n) is 2.65. The maximum atomic E-state index is 11.1. The van der Waals surface area contributed by atoms with Crippen LogP contribution in [0.3, 0.4) is 0 Å². The smallest absolute Gasteiger partial charge is 0.258 e. The van der Waals surface area contributed by atoms with E-state index in [1.807, 2.05) is 0 Å². The number of nitro groups is 2. The Balaban J connectivity index is 2.47. The van der Waals surface area contributed by atoms with Crippen LogP contribution in [-0.4, -0.2) is 9.85 Å². The summed E-state index contributed by atoms with van der Waals surface area (Å²) in [5, 5.41) is 21.8. The fraction of sp³-hybridized carbons (Fsp3) is 0. The van der Waals surface area contributed by atoms with Crippen LogP contribution in [0.4, 0.5) is 5.69 Å². The predicted molar refractivity (Wildman–Crippen MR) is 74.4 cm³/mol. The van der Waals surface area contributed by atoms with Crippen molar-refractivity contribution in [1.29, 1.82) is 0 Å². The minimum atomic E-state index is -0.536. The maximum Gasteiger partial charge on any atom is 0.277 e. The molecule has 0 amide bonds. The van der Waals surface area contributed by atoms with Crippen LogP contribution in [0.1, 0.15) is 11.1 Å². The molecular weight excluding hydrogens is 260 g/mol. The van der Waals surface area contributed by atoms with Crippen LogP contribution < -0.4 is 0 Å². The Labute approximate surface area is 114 Å². The van der Waals surface area contributed by atoms with Crippen molar-refractivity contribution < 1.29 is 9.85 Å². The number of hydrogen-bond acceptors (Lipinski definition) is 4. The Bertz CT molecular complexity index is 681. The summed E-state index contributed by atoms with van der Waals surface area (Å²) in [5.74, 6) is 0. The molecule has 0 aromatic heterocycles. The molecule has 0 saturated carbocycles. The summed E-state index contributed by atoms with van der Waals surface area (Å²) < 4.78 is 0. The van der Waals surface area contributed by atoms with Crippen LogP contribution in [0.5, 0.6) is 0 Å². The van der Waals surface area contributed by atoms with E-state index in [0.29, 0.717) is 11.1 Å². The zero-order valence-electron chi connectivity index (χ0n) is 10.3. The Morgan fingerprint density at radius 2 is 1.65 bits per heavy atom. The van der Waals surface area contributed by atoms with Crippen LogP contribution in [0.2, 0.25) is 0 Å². The summed E-state index contributed by atoms with van der Waals surface area (Å²) >= 11 is 0. The topological polar surface area (TPSA) is 86.3 Å². The van der Waals surface area contributed by atoms with Gasteiger partial charge < -0.3 is 0 Å². The lowest BCUT2D eigenvalue weighted by Gasteiger charge is -1.99. The number of nitro benzene ring substituents is 1. The Morgan fingerprint density at radius 3 is 2.25 bits per heavy atom. The zero-order valence-corrected chi connectivity index (χ0v) is 10.3. The van der Waals surface area contributed by atoms with Gasteiger partial charge in [0.1, 0.15) is 0 Å². The SMILES string of the molecule is O=[N+]([O-])C(=Cc1cccc([N+](=O)[O-])c1)c1ccccc1. The molecule has 0 spiro atoms. The minimum absolute atomic E-state index is 0.102. The number of nitrogens with zero attached hydrogens (tertiary/aromatic N) is 2. The van der Waals surface area contributed by atoms with Gasteiger partial charge in [-0.3, -0.25) is 20.2 Å². The van der Waals surface area contributed by atoms with Crippen molar-refractivity contribution in [3.8, 4) is 0 Å². The lowest BCUT2D eigenvalue weighted by molar-refractivity contribution is -0.384. The van der Waals surface area contributed by atoms with E-state index in [0.717, 1.165) is 0 Å². The molecule has 100 valence electrons. The molecule has 2 aromatic carbocycles. The van der Waals surface area contributed by atoms with Crippen LogP contribution in [0.25, 0.3) is 11.8 Å². The molecule has 0 aliphatic carbocycles. The molecule has 0 radical (unpaired) electrons. The number of non-ortho nitro benzene ring substituents is 1. The maximum absolute atomic E-state index is 11.1. The minimum Gasteiger partial charge on any atom is -0.258 e. The highest BCUT2D eigenvalue weighted by molar-refractivity contribution is 5.76. The third-order valence-corrected chi connectivity index (χ3v) is 2.65. The van der Waals surface area contributed by atoms with Gasteiger partial charge >= 0.3 is 0 Å². The Morgan fingerprint density at radius 1 is 0.950 bits per heavy atom. The van der Waals surface area contributed by atoms with Gasteiger partial charge in [0.25, 0.3) is 11.4 Å². The van der Waals surface area contributed by atoms with Gasteiger partial charge in [-0.1, -0.05) is 30.3 Å². The average molecular weight is 270 g/mol. The fourth-order valence-corrected chi connectivity index (χ4v) is 1.74. The van der Waals surface area contributed by atoms with Gasteiger partial charge in [-0.05, 0) is 17.7 Å². The van der Waals surface area contributed by atoms with Crippen molar-refractivity contribution in [2.24, 2.45) is 0 Å². The predicted octanol–water partition coefficient (Wildman–Crippen LogP) is 3.37. The summed E-state index contributed by atoms with van der Waals surface area (Å²) in [6.45, 7) is 0. The lowest BCUT2D eigenvalue weighted by Crippen LogP contribution is -1.97. The van der Waals surface area contributed by atoms with Crippen LogP contribution in [0, 0.1) is 20.2 Å². The Hall–Kier alpha value is -3.02. The summed E-state index contributed by atoms with van der Waals surface area (Å²) in [6, 6.07) is 14.1. The Kier molecular flexibility index (Phi) is 3.85. The highest BCUT2D eigenvalue weighted by Crippen LogP contribution is 2.21. The molecular formula is C14H10N2O4. The van der Waals surface area contributed by atoms with Crippen molar-refractivity contribution in [1.82, 2.24) is 0 Å². The molecule has 0 unspecified atom stereocenters. The van der Waals surface area contributed by atoms with Gasteiger partial charge in [0.2, 0.25) is 0 Å². The summed E-state index contributed by atoms with van der Waals surface area (Å²) in [4.78, 5) is 20.8. The van der Waals surface area contributed by atoms with Gasteiger partial charge in [0.05, 0.1) is 15.4 Å². The van der Waals surface area contributed by atoms with E-state index in [9.17, 15) is 20.2 Å². The third kappa shape index (κ3) is 3.05. The van der Waals surface area contributed by atoms with Crippen LogP contribution >= 0.6 is 0 Å². The standard InChI is InChI=1S/C14H10N2O4/c17-15(18)13-8-4-5-11(9-13)10-14(16(19)20)12-6-2-1-3-7-12/h1-10H. The molecule has 0 bridgehead atoms. The number of hydrogen-bond donors (Lipinski definition) is 0.